The first kappa shape index (κ1) is 12.8. The Balaban J connectivity index is 2.57. The first-order valence-electron chi connectivity index (χ1n) is 5.84. The first-order chi connectivity index (χ1) is 7.56. The summed E-state index contributed by atoms with van der Waals surface area (Å²) in [7, 11) is 0. The van der Waals surface area contributed by atoms with Gasteiger partial charge in [-0.3, -0.25) is 4.79 Å². The van der Waals surface area contributed by atoms with Crippen LogP contribution in [0.2, 0.25) is 0 Å². The molecule has 16 heavy (non-hydrogen) atoms. The Hall–Kier alpha value is -1.26. The Bertz CT molecular complexity index is 270. The molecule has 0 radical (unpaired) electrons. The number of nitrogens with two attached hydrogens (primary N) is 1. The van der Waals surface area contributed by atoms with Gasteiger partial charge in [0.15, 0.2) is 5.84 Å². The molecule has 92 valence electrons. The Labute approximate surface area is 96.1 Å². The van der Waals surface area contributed by atoms with Crippen LogP contribution in [-0.2, 0) is 4.79 Å². The number of rotatable bonds is 4. The molecule has 1 fully saturated rings. The van der Waals surface area contributed by atoms with Crippen LogP contribution in [0.1, 0.15) is 39.5 Å². The average molecular weight is 227 g/mol. The standard InChI is InChI=1S/C11H21N3O2/c1-7(2)9(10(12)14-16)13-11(15)8-5-3-4-6-8/h7-9,16H,3-6H2,1-2H3,(H2,12,14)(H,13,15). The van der Waals surface area contributed by atoms with Crippen molar-refractivity contribution in [2.75, 3.05) is 0 Å². The zero-order chi connectivity index (χ0) is 12.1. The van der Waals surface area contributed by atoms with Crippen LogP contribution in [0.5, 0.6) is 0 Å². The van der Waals surface area contributed by atoms with Gasteiger partial charge in [-0.1, -0.05) is 31.8 Å². The van der Waals surface area contributed by atoms with Gasteiger partial charge in [-0.05, 0) is 18.8 Å². The summed E-state index contributed by atoms with van der Waals surface area (Å²) >= 11 is 0. The topological polar surface area (TPSA) is 87.7 Å². The van der Waals surface area contributed by atoms with Crippen LogP contribution in [0.3, 0.4) is 0 Å². The lowest BCUT2D eigenvalue weighted by Gasteiger charge is -2.22. The third-order valence-corrected chi connectivity index (χ3v) is 3.12. The van der Waals surface area contributed by atoms with E-state index < -0.39 is 0 Å². The monoisotopic (exact) mass is 227 g/mol. The molecule has 5 nitrogen and oxygen atoms in total. The summed E-state index contributed by atoms with van der Waals surface area (Å²) in [5, 5.41) is 14.5. The molecule has 0 spiro atoms. The van der Waals surface area contributed by atoms with E-state index in [9.17, 15) is 4.79 Å². The van der Waals surface area contributed by atoms with Gasteiger partial charge in [0.1, 0.15) is 0 Å². The van der Waals surface area contributed by atoms with Crippen LogP contribution in [0.25, 0.3) is 0 Å². The molecule has 1 aliphatic rings. The number of carbonyl (C=O) groups is 1. The molecule has 1 atom stereocenters. The fraction of sp³-hybridized carbons (Fsp3) is 0.818. The Morgan fingerprint density at radius 1 is 1.44 bits per heavy atom. The van der Waals surface area contributed by atoms with E-state index in [0.29, 0.717) is 0 Å². The zero-order valence-corrected chi connectivity index (χ0v) is 9.94. The maximum absolute atomic E-state index is 11.9. The van der Waals surface area contributed by atoms with Crippen LogP contribution < -0.4 is 11.1 Å². The molecule has 1 unspecified atom stereocenters. The smallest absolute Gasteiger partial charge is 0.223 e. The highest BCUT2D eigenvalue weighted by molar-refractivity contribution is 5.90. The van der Waals surface area contributed by atoms with Gasteiger partial charge in [-0.2, -0.15) is 0 Å². The highest BCUT2D eigenvalue weighted by Gasteiger charge is 2.27. The van der Waals surface area contributed by atoms with Crippen molar-refractivity contribution in [2.24, 2.45) is 22.7 Å². The Kier molecular flexibility index (Phi) is 4.58. The normalized spacial score (nSPS) is 20.1. The number of hydrogen-bond acceptors (Lipinski definition) is 3. The van der Waals surface area contributed by atoms with Crippen molar-refractivity contribution in [3.63, 3.8) is 0 Å². The van der Waals surface area contributed by atoms with Crippen LogP contribution in [-0.4, -0.2) is 23.0 Å². The number of amides is 1. The number of hydrogen-bond donors (Lipinski definition) is 3. The Morgan fingerprint density at radius 3 is 2.44 bits per heavy atom. The quantitative estimate of drug-likeness (QED) is 0.290. The number of oxime groups is 1. The first-order valence-corrected chi connectivity index (χ1v) is 5.84. The lowest BCUT2D eigenvalue weighted by molar-refractivity contribution is -0.125. The molecule has 0 saturated heterocycles. The van der Waals surface area contributed by atoms with Gasteiger partial charge in [0.05, 0.1) is 6.04 Å². The minimum absolute atomic E-state index is 0.0304. The summed E-state index contributed by atoms with van der Waals surface area (Å²) in [5.74, 6) is 0.318. The van der Waals surface area contributed by atoms with Crippen molar-refractivity contribution in [1.82, 2.24) is 5.32 Å². The van der Waals surface area contributed by atoms with Crippen molar-refractivity contribution in [1.29, 1.82) is 0 Å². The molecule has 1 aliphatic carbocycles. The summed E-state index contributed by atoms with van der Waals surface area (Å²) in [6, 6.07) is -0.377. The molecule has 4 N–H and O–H groups in total. The average Bonchev–Trinajstić information content (AvgIpc) is 2.77. The van der Waals surface area contributed by atoms with Gasteiger partial charge in [0, 0.05) is 5.92 Å². The lowest BCUT2D eigenvalue weighted by atomic mass is 10.0. The molecule has 0 bridgehead atoms. The maximum atomic E-state index is 11.9. The highest BCUT2D eigenvalue weighted by atomic mass is 16.4. The Morgan fingerprint density at radius 2 is 2.00 bits per heavy atom. The number of nitrogens with one attached hydrogen (secondary N) is 1. The molecule has 0 aromatic rings. The van der Waals surface area contributed by atoms with E-state index in [1.807, 2.05) is 13.8 Å². The third-order valence-electron chi connectivity index (χ3n) is 3.12. The van der Waals surface area contributed by atoms with Crippen molar-refractivity contribution in [3.8, 4) is 0 Å². The van der Waals surface area contributed by atoms with E-state index >= 15 is 0 Å². The van der Waals surface area contributed by atoms with Crippen molar-refractivity contribution >= 4 is 11.7 Å². The van der Waals surface area contributed by atoms with E-state index in [4.69, 9.17) is 10.9 Å². The summed E-state index contributed by atoms with van der Waals surface area (Å²) < 4.78 is 0. The molecular weight excluding hydrogens is 206 g/mol. The molecule has 0 aromatic heterocycles. The van der Waals surface area contributed by atoms with Crippen LogP contribution in [0, 0.1) is 11.8 Å². The fourth-order valence-corrected chi connectivity index (χ4v) is 2.10. The second kappa shape index (κ2) is 5.72. The number of nitrogens with zero attached hydrogens (tertiary/aromatic N) is 1. The molecule has 1 saturated carbocycles. The molecule has 0 aromatic carbocycles. The number of amidine groups is 1. The van der Waals surface area contributed by atoms with Gasteiger partial charge in [0.2, 0.25) is 5.91 Å². The van der Waals surface area contributed by atoms with Crippen LogP contribution in [0.4, 0.5) is 0 Å². The van der Waals surface area contributed by atoms with E-state index in [2.05, 4.69) is 10.5 Å². The van der Waals surface area contributed by atoms with E-state index in [0.717, 1.165) is 25.7 Å². The fourth-order valence-electron chi connectivity index (χ4n) is 2.10. The predicted molar refractivity (Wildman–Crippen MR) is 62.1 cm³/mol. The van der Waals surface area contributed by atoms with Gasteiger partial charge in [0.25, 0.3) is 0 Å². The van der Waals surface area contributed by atoms with E-state index in [-0.39, 0.29) is 29.6 Å². The predicted octanol–water partition coefficient (Wildman–Crippen LogP) is 1.06. The molecule has 1 rings (SSSR count). The summed E-state index contributed by atoms with van der Waals surface area (Å²) in [5.41, 5.74) is 5.55. The molecule has 1 amide bonds. The largest absolute Gasteiger partial charge is 0.409 e. The minimum Gasteiger partial charge on any atom is -0.409 e. The summed E-state index contributed by atoms with van der Waals surface area (Å²) in [6.07, 6.45) is 4.14. The number of carbonyl (C=O) groups excluding carboxylic acids is 1. The SMILES string of the molecule is CC(C)C(NC(=O)C1CCCC1)C(N)=NO. The third kappa shape index (κ3) is 3.12. The van der Waals surface area contributed by atoms with Gasteiger partial charge in [-0.25, -0.2) is 0 Å². The van der Waals surface area contributed by atoms with E-state index in [1.54, 1.807) is 0 Å². The molecule has 0 heterocycles. The van der Waals surface area contributed by atoms with Crippen LogP contribution >= 0.6 is 0 Å². The van der Waals surface area contributed by atoms with Gasteiger partial charge in [-0.15, -0.1) is 0 Å². The highest BCUT2D eigenvalue weighted by Crippen LogP contribution is 2.25. The minimum atomic E-state index is -0.377. The van der Waals surface area contributed by atoms with Gasteiger partial charge < -0.3 is 16.3 Å². The van der Waals surface area contributed by atoms with Crippen molar-refractivity contribution in [2.45, 2.75) is 45.6 Å². The summed E-state index contributed by atoms with van der Waals surface area (Å²) in [6.45, 7) is 3.86. The zero-order valence-electron chi connectivity index (χ0n) is 9.94. The second-order valence-electron chi connectivity index (χ2n) is 4.74. The van der Waals surface area contributed by atoms with Crippen molar-refractivity contribution < 1.29 is 10.0 Å². The molecule has 0 aliphatic heterocycles. The molecule has 5 heteroatoms. The maximum Gasteiger partial charge on any atom is 0.223 e. The lowest BCUT2D eigenvalue weighted by Crippen LogP contribution is -2.49. The van der Waals surface area contributed by atoms with Crippen molar-refractivity contribution in [3.05, 3.63) is 0 Å². The van der Waals surface area contributed by atoms with Crippen LogP contribution in [0.15, 0.2) is 5.16 Å². The van der Waals surface area contributed by atoms with Gasteiger partial charge >= 0.3 is 0 Å². The van der Waals surface area contributed by atoms with E-state index in [1.165, 1.54) is 0 Å². The molecular formula is C11H21N3O2. The summed E-state index contributed by atoms with van der Waals surface area (Å²) in [4.78, 5) is 11.9. The second-order valence-corrected chi connectivity index (χ2v) is 4.74.